The highest BCUT2D eigenvalue weighted by molar-refractivity contribution is 7.70. The summed E-state index contributed by atoms with van der Waals surface area (Å²) in [5.41, 5.74) is 0. The largest absolute Gasteiger partial charge is 0.323 e. The summed E-state index contributed by atoms with van der Waals surface area (Å²) in [5, 5.41) is 0.747. The van der Waals surface area contributed by atoms with Gasteiger partial charge in [0.05, 0.1) is 6.61 Å². The lowest BCUT2D eigenvalue weighted by molar-refractivity contribution is 0.347. The Morgan fingerprint density at radius 2 is 1.94 bits per heavy atom. The first-order valence-electron chi connectivity index (χ1n) is 5.71. The lowest BCUT2D eigenvalue weighted by Crippen LogP contribution is -2.11. The SMILES string of the molecule is CCOP(=O)(/C=C/CN(C)C)c1ccccc1. The van der Waals surface area contributed by atoms with Gasteiger partial charge in [-0.05, 0) is 33.2 Å². The summed E-state index contributed by atoms with van der Waals surface area (Å²) in [4.78, 5) is 2.01. The van der Waals surface area contributed by atoms with Crippen LogP contribution in [0.1, 0.15) is 6.92 Å². The third kappa shape index (κ3) is 4.47. The second kappa shape index (κ2) is 6.75. The van der Waals surface area contributed by atoms with Crippen molar-refractivity contribution < 1.29 is 9.09 Å². The van der Waals surface area contributed by atoms with Gasteiger partial charge in [0.15, 0.2) is 0 Å². The number of benzene rings is 1. The maximum atomic E-state index is 12.7. The van der Waals surface area contributed by atoms with Crippen LogP contribution >= 0.6 is 7.37 Å². The quantitative estimate of drug-likeness (QED) is 0.730. The molecule has 17 heavy (non-hydrogen) atoms. The summed E-state index contributed by atoms with van der Waals surface area (Å²) >= 11 is 0. The molecule has 1 aromatic carbocycles. The number of likely N-dealkylation sites (N-methyl/N-ethyl adjacent to an activating group) is 1. The zero-order valence-corrected chi connectivity index (χ0v) is 11.6. The van der Waals surface area contributed by atoms with E-state index in [9.17, 15) is 4.57 Å². The molecule has 0 saturated carbocycles. The van der Waals surface area contributed by atoms with Crippen molar-refractivity contribution in [1.82, 2.24) is 4.90 Å². The first kappa shape index (κ1) is 14.2. The van der Waals surface area contributed by atoms with E-state index in [2.05, 4.69) is 0 Å². The van der Waals surface area contributed by atoms with Gasteiger partial charge in [0.1, 0.15) is 0 Å². The third-order valence-electron chi connectivity index (χ3n) is 2.21. The predicted molar refractivity (Wildman–Crippen MR) is 73.0 cm³/mol. The van der Waals surface area contributed by atoms with Crippen molar-refractivity contribution >= 4 is 12.7 Å². The molecule has 1 atom stereocenters. The zero-order chi connectivity index (χ0) is 12.7. The highest BCUT2D eigenvalue weighted by Gasteiger charge is 2.21. The lowest BCUT2D eigenvalue weighted by atomic mass is 10.4. The van der Waals surface area contributed by atoms with Gasteiger partial charge >= 0.3 is 0 Å². The van der Waals surface area contributed by atoms with Gasteiger partial charge in [-0.15, -0.1) is 0 Å². The van der Waals surface area contributed by atoms with Gasteiger partial charge in [-0.2, -0.15) is 0 Å². The van der Waals surface area contributed by atoms with Crippen LogP contribution in [-0.4, -0.2) is 32.1 Å². The zero-order valence-electron chi connectivity index (χ0n) is 10.7. The predicted octanol–water partition coefficient (Wildman–Crippen LogP) is 2.70. The van der Waals surface area contributed by atoms with Gasteiger partial charge < -0.3 is 9.42 Å². The van der Waals surface area contributed by atoms with E-state index in [1.165, 1.54) is 0 Å². The maximum Gasteiger partial charge on any atom is 0.253 e. The molecule has 1 rings (SSSR count). The number of rotatable bonds is 6. The molecule has 94 valence electrons. The van der Waals surface area contributed by atoms with Crippen molar-refractivity contribution in [2.24, 2.45) is 0 Å². The fourth-order valence-corrected chi connectivity index (χ4v) is 3.18. The first-order chi connectivity index (χ1) is 8.08. The van der Waals surface area contributed by atoms with E-state index >= 15 is 0 Å². The Bertz CT molecular complexity index is 401. The van der Waals surface area contributed by atoms with Crippen LogP contribution in [0.2, 0.25) is 0 Å². The highest BCUT2D eigenvalue weighted by atomic mass is 31.2. The molecule has 1 unspecified atom stereocenters. The molecule has 0 aliphatic rings. The molecule has 0 heterocycles. The van der Waals surface area contributed by atoms with E-state index in [1.54, 1.807) is 5.82 Å². The van der Waals surface area contributed by atoms with Gasteiger partial charge in [0.2, 0.25) is 0 Å². The van der Waals surface area contributed by atoms with Gasteiger partial charge in [0.25, 0.3) is 7.37 Å². The van der Waals surface area contributed by atoms with Crippen molar-refractivity contribution in [3.63, 3.8) is 0 Å². The molecular formula is C13H20NO2P. The van der Waals surface area contributed by atoms with Gasteiger partial charge in [-0.25, -0.2) is 0 Å². The molecule has 0 aliphatic carbocycles. The molecule has 0 spiro atoms. The van der Waals surface area contributed by atoms with Crippen LogP contribution in [0.5, 0.6) is 0 Å². The fourth-order valence-electron chi connectivity index (χ4n) is 1.43. The molecule has 0 aromatic heterocycles. The Kier molecular flexibility index (Phi) is 5.63. The summed E-state index contributed by atoms with van der Waals surface area (Å²) in [5.74, 6) is 1.70. The Labute approximate surface area is 104 Å². The van der Waals surface area contributed by atoms with E-state index in [1.807, 2.05) is 62.3 Å². The Morgan fingerprint density at radius 3 is 2.47 bits per heavy atom. The van der Waals surface area contributed by atoms with Crippen LogP contribution in [0.4, 0.5) is 0 Å². The normalized spacial score (nSPS) is 15.3. The van der Waals surface area contributed by atoms with E-state index in [0.29, 0.717) is 6.61 Å². The lowest BCUT2D eigenvalue weighted by Gasteiger charge is -2.14. The summed E-state index contributed by atoms with van der Waals surface area (Å²) in [6.45, 7) is 3.05. The van der Waals surface area contributed by atoms with Gasteiger partial charge in [-0.1, -0.05) is 24.3 Å². The second-order valence-corrected chi connectivity index (χ2v) is 6.26. The number of hydrogen-bond acceptors (Lipinski definition) is 3. The van der Waals surface area contributed by atoms with Crippen LogP contribution in [-0.2, 0) is 9.09 Å². The van der Waals surface area contributed by atoms with Crippen LogP contribution in [0.25, 0.3) is 0 Å². The number of nitrogens with zero attached hydrogens (tertiary/aromatic N) is 1. The average Bonchev–Trinajstić information content (AvgIpc) is 2.30. The standard InChI is InChI=1S/C13H20NO2P/c1-4-16-17(15,12-8-11-14(2)3)13-9-6-5-7-10-13/h5-10,12H,4,11H2,1-3H3/b12-8+. The molecule has 3 nitrogen and oxygen atoms in total. The van der Waals surface area contributed by atoms with Gasteiger partial charge in [0, 0.05) is 17.7 Å². The Hall–Kier alpha value is -0.890. The van der Waals surface area contributed by atoms with Crippen molar-refractivity contribution in [2.45, 2.75) is 6.92 Å². The molecular weight excluding hydrogens is 233 g/mol. The van der Waals surface area contributed by atoms with Crippen LogP contribution in [0, 0.1) is 0 Å². The number of hydrogen-bond donors (Lipinski definition) is 0. The molecule has 0 N–H and O–H groups in total. The average molecular weight is 253 g/mol. The summed E-state index contributed by atoms with van der Waals surface area (Å²) < 4.78 is 18.1. The van der Waals surface area contributed by atoms with Crippen molar-refractivity contribution in [1.29, 1.82) is 0 Å². The molecule has 4 heteroatoms. The van der Waals surface area contributed by atoms with Crippen LogP contribution in [0.15, 0.2) is 42.2 Å². The topological polar surface area (TPSA) is 29.5 Å². The minimum Gasteiger partial charge on any atom is -0.323 e. The van der Waals surface area contributed by atoms with E-state index in [-0.39, 0.29) is 0 Å². The first-order valence-corrected chi connectivity index (χ1v) is 7.40. The summed E-state index contributed by atoms with van der Waals surface area (Å²) in [7, 11) is 1.11. The molecule has 1 aromatic rings. The van der Waals surface area contributed by atoms with E-state index < -0.39 is 7.37 Å². The summed E-state index contributed by atoms with van der Waals surface area (Å²) in [6.07, 6.45) is 1.89. The minimum absolute atomic E-state index is 0.443. The minimum atomic E-state index is -2.84. The van der Waals surface area contributed by atoms with E-state index in [4.69, 9.17) is 4.52 Å². The third-order valence-corrected chi connectivity index (χ3v) is 4.47. The Balaban J connectivity index is 2.90. The monoisotopic (exact) mass is 253 g/mol. The van der Waals surface area contributed by atoms with Crippen molar-refractivity contribution in [2.75, 3.05) is 27.2 Å². The second-order valence-electron chi connectivity index (χ2n) is 4.00. The molecule has 0 aliphatic heterocycles. The summed E-state index contributed by atoms with van der Waals surface area (Å²) in [6, 6.07) is 9.35. The fraction of sp³-hybridized carbons (Fsp3) is 0.385. The molecule has 0 bridgehead atoms. The molecule has 0 saturated heterocycles. The molecule has 0 amide bonds. The van der Waals surface area contributed by atoms with Crippen LogP contribution in [0.3, 0.4) is 0 Å². The van der Waals surface area contributed by atoms with E-state index in [0.717, 1.165) is 11.8 Å². The van der Waals surface area contributed by atoms with Crippen LogP contribution < -0.4 is 5.30 Å². The van der Waals surface area contributed by atoms with Gasteiger partial charge in [-0.3, -0.25) is 4.57 Å². The molecule has 0 radical (unpaired) electrons. The Morgan fingerprint density at radius 1 is 1.29 bits per heavy atom. The molecule has 0 fully saturated rings. The maximum absolute atomic E-state index is 12.7. The smallest absolute Gasteiger partial charge is 0.253 e. The van der Waals surface area contributed by atoms with Crippen molar-refractivity contribution in [3.8, 4) is 0 Å². The highest BCUT2D eigenvalue weighted by Crippen LogP contribution is 2.47. The van der Waals surface area contributed by atoms with Crippen molar-refractivity contribution in [3.05, 3.63) is 42.2 Å².